The molecule has 0 radical (unpaired) electrons. The SMILES string of the molecule is Cl.FC(F)c1cccc(CN2CCC3(CCNC3)C2)c1. The minimum atomic E-state index is -2.37. The Balaban J connectivity index is 0.00000147. The van der Waals surface area contributed by atoms with Crippen LogP contribution in [-0.2, 0) is 6.54 Å². The monoisotopic (exact) mass is 302 g/mol. The predicted octanol–water partition coefficient (Wildman–Crippen LogP) is 3.23. The normalized spacial score (nSPS) is 26.4. The van der Waals surface area contributed by atoms with Crippen molar-refractivity contribution in [3.8, 4) is 0 Å². The van der Waals surface area contributed by atoms with Crippen molar-refractivity contribution in [1.82, 2.24) is 10.2 Å². The van der Waals surface area contributed by atoms with Crippen molar-refractivity contribution in [3.63, 3.8) is 0 Å². The first-order valence-corrected chi connectivity index (χ1v) is 6.97. The van der Waals surface area contributed by atoms with Crippen LogP contribution in [0.4, 0.5) is 8.78 Å². The Kier molecular flexibility index (Phi) is 4.99. The minimum Gasteiger partial charge on any atom is -0.316 e. The number of rotatable bonds is 3. The lowest BCUT2D eigenvalue weighted by atomic mass is 9.86. The van der Waals surface area contributed by atoms with Crippen LogP contribution >= 0.6 is 12.4 Å². The molecule has 1 unspecified atom stereocenters. The molecule has 1 N–H and O–H groups in total. The van der Waals surface area contributed by atoms with Gasteiger partial charge in [-0.1, -0.05) is 18.2 Å². The fraction of sp³-hybridized carbons (Fsp3) is 0.600. The molecule has 112 valence electrons. The van der Waals surface area contributed by atoms with Gasteiger partial charge in [-0.3, -0.25) is 4.90 Å². The molecule has 5 heteroatoms. The van der Waals surface area contributed by atoms with Gasteiger partial charge in [0.05, 0.1) is 0 Å². The van der Waals surface area contributed by atoms with E-state index in [9.17, 15) is 8.78 Å². The highest BCUT2D eigenvalue weighted by atomic mass is 35.5. The van der Waals surface area contributed by atoms with E-state index in [4.69, 9.17) is 0 Å². The molecule has 0 bridgehead atoms. The molecule has 2 aliphatic rings. The number of likely N-dealkylation sites (tertiary alicyclic amines) is 1. The lowest BCUT2D eigenvalue weighted by Crippen LogP contribution is -2.28. The average Bonchev–Trinajstić information content (AvgIpc) is 3.01. The van der Waals surface area contributed by atoms with Crippen LogP contribution in [0.25, 0.3) is 0 Å². The maximum atomic E-state index is 12.7. The molecular weight excluding hydrogens is 282 g/mol. The van der Waals surface area contributed by atoms with Gasteiger partial charge in [0.2, 0.25) is 0 Å². The van der Waals surface area contributed by atoms with Gasteiger partial charge >= 0.3 is 0 Å². The Morgan fingerprint density at radius 1 is 1.30 bits per heavy atom. The van der Waals surface area contributed by atoms with Crippen LogP contribution in [-0.4, -0.2) is 31.1 Å². The third-order valence-corrected chi connectivity index (χ3v) is 4.46. The number of halogens is 3. The highest BCUT2D eigenvalue weighted by molar-refractivity contribution is 5.85. The molecule has 1 aromatic rings. The third-order valence-electron chi connectivity index (χ3n) is 4.46. The largest absolute Gasteiger partial charge is 0.316 e. The number of alkyl halides is 2. The summed E-state index contributed by atoms with van der Waals surface area (Å²) in [7, 11) is 0. The fourth-order valence-corrected chi connectivity index (χ4v) is 3.39. The summed E-state index contributed by atoms with van der Waals surface area (Å²) in [5.41, 5.74) is 1.58. The first kappa shape index (κ1) is 15.7. The second-order valence-corrected chi connectivity index (χ2v) is 5.93. The molecule has 2 fully saturated rings. The Hall–Kier alpha value is -0.710. The summed E-state index contributed by atoms with van der Waals surface area (Å²) in [5, 5.41) is 3.44. The Morgan fingerprint density at radius 3 is 2.85 bits per heavy atom. The number of nitrogens with one attached hydrogen (secondary N) is 1. The number of hydrogen-bond acceptors (Lipinski definition) is 2. The smallest absolute Gasteiger partial charge is 0.263 e. The van der Waals surface area contributed by atoms with Gasteiger partial charge in [0.1, 0.15) is 0 Å². The summed E-state index contributed by atoms with van der Waals surface area (Å²) >= 11 is 0. The maximum absolute atomic E-state index is 12.7. The number of benzene rings is 1. The molecule has 2 heterocycles. The van der Waals surface area contributed by atoms with Crippen LogP contribution < -0.4 is 5.32 Å². The van der Waals surface area contributed by atoms with Crippen LogP contribution in [0.2, 0.25) is 0 Å². The minimum absolute atomic E-state index is 0. The Morgan fingerprint density at radius 2 is 2.15 bits per heavy atom. The molecule has 20 heavy (non-hydrogen) atoms. The third kappa shape index (κ3) is 3.30. The Labute approximate surface area is 124 Å². The van der Waals surface area contributed by atoms with E-state index in [2.05, 4.69) is 10.2 Å². The van der Waals surface area contributed by atoms with Gasteiger partial charge in [0, 0.05) is 25.2 Å². The van der Waals surface area contributed by atoms with Crippen molar-refractivity contribution in [2.45, 2.75) is 25.8 Å². The highest BCUT2D eigenvalue weighted by Gasteiger charge is 2.39. The van der Waals surface area contributed by atoms with Gasteiger partial charge in [-0.25, -0.2) is 8.78 Å². The highest BCUT2D eigenvalue weighted by Crippen LogP contribution is 2.36. The lowest BCUT2D eigenvalue weighted by Gasteiger charge is -2.23. The summed E-state index contributed by atoms with van der Waals surface area (Å²) in [6.07, 6.45) is 0.110. The van der Waals surface area contributed by atoms with Crippen LogP contribution in [0.5, 0.6) is 0 Å². The second-order valence-electron chi connectivity index (χ2n) is 5.93. The molecular formula is C15H21ClF2N2. The molecule has 0 saturated carbocycles. The molecule has 2 saturated heterocycles. The molecule has 0 aromatic heterocycles. The van der Waals surface area contributed by atoms with Crippen molar-refractivity contribution < 1.29 is 8.78 Å². The van der Waals surface area contributed by atoms with Crippen molar-refractivity contribution >= 4 is 12.4 Å². The van der Waals surface area contributed by atoms with Crippen LogP contribution in [0.1, 0.15) is 30.4 Å². The predicted molar refractivity (Wildman–Crippen MR) is 78.5 cm³/mol. The van der Waals surface area contributed by atoms with Gasteiger partial charge in [-0.2, -0.15) is 0 Å². The van der Waals surface area contributed by atoms with E-state index in [1.54, 1.807) is 12.1 Å². The molecule has 1 atom stereocenters. The lowest BCUT2D eigenvalue weighted by molar-refractivity contribution is 0.151. The van der Waals surface area contributed by atoms with E-state index < -0.39 is 6.43 Å². The van der Waals surface area contributed by atoms with Gasteiger partial charge in [0.15, 0.2) is 0 Å². The van der Waals surface area contributed by atoms with E-state index in [0.717, 1.165) is 38.3 Å². The summed E-state index contributed by atoms with van der Waals surface area (Å²) in [4.78, 5) is 2.40. The van der Waals surface area contributed by atoms with Gasteiger partial charge in [-0.05, 0) is 43.0 Å². The van der Waals surface area contributed by atoms with Crippen LogP contribution in [0.15, 0.2) is 24.3 Å². The second kappa shape index (κ2) is 6.37. The summed E-state index contributed by atoms with van der Waals surface area (Å²) < 4.78 is 25.4. The molecule has 1 aromatic carbocycles. The number of hydrogen-bond donors (Lipinski definition) is 1. The maximum Gasteiger partial charge on any atom is 0.263 e. The zero-order chi connectivity index (χ0) is 13.3. The molecule has 0 aliphatic carbocycles. The van der Waals surface area contributed by atoms with Crippen molar-refractivity contribution in [2.75, 3.05) is 26.2 Å². The van der Waals surface area contributed by atoms with Crippen molar-refractivity contribution in [3.05, 3.63) is 35.4 Å². The quantitative estimate of drug-likeness (QED) is 0.922. The summed E-state index contributed by atoms with van der Waals surface area (Å²) in [6.45, 7) is 5.21. The molecule has 0 amide bonds. The van der Waals surface area contributed by atoms with E-state index in [1.807, 2.05) is 6.07 Å². The van der Waals surface area contributed by atoms with Crippen LogP contribution in [0, 0.1) is 5.41 Å². The van der Waals surface area contributed by atoms with Crippen molar-refractivity contribution in [2.24, 2.45) is 5.41 Å². The van der Waals surface area contributed by atoms with Gasteiger partial charge in [-0.15, -0.1) is 12.4 Å². The zero-order valence-electron chi connectivity index (χ0n) is 11.4. The fourth-order valence-electron chi connectivity index (χ4n) is 3.39. The first-order valence-electron chi connectivity index (χ1n) is 6.97. The summed E-state index contributed by atoms with van der Waals surface area (Å²) in [5.74, 6) is 0. The van der Waals surface area contributed by atoms with E-state index >= 15 is 0 Å². The zero-order valence-corrected chi connectivity index (χ0v) is 12.3. The van der Waals surface area contributed by atoms with E-state index in [1.165, 1.54) is 18.9 Å². The Bertz CT molecular complexity index is 447. The summed E-state index contributed by atoms with van der Waals surface area (Å²) in [6, 6.07) is 6.83. The molecule has 1 spiro atoms. The standard InChI is InChI=1S/C15H20F2N2.ClH/c16-14(17)13-3-1-2-12(8-13)9-19-7-5-15(11-19)4-6-18-10-15;/h1-3,8,14,18H,4-7,9-11H2;1H. The molecule has 3 rings (SSSR count). The van der Waals surface area contributed by atoms with Crippen molar-refractivity contribution in [1.29, 1.82) is 0 Å². The van der Waals surface area contributed by atoms with Crippen LogP contribution in [0.3, 0.4) is 0 Å². The van der Waals surface area contributed by atoms with E-state index in [-0.39, 0.29) is 18.0 Å². The number of nitrogens with zero attached hydrogens (tertiary/aromatic N) is 1. The van der Waals surface area contributed by atoms with E-state index in [0.29, 0.717) is 5.41 Å². The topological polar surface area (TPSA) is 15.3 Å². The molecule has 2 aliphatic heterocycles. The van der Waals surface area contributed by atoms with Gasteiger partial charge in [0.25, 0.3) is 6.43 Å². The molecule has 2 nitrogen and oxygen atoms in total. The first-order chi connectivity index (χ1) is 9.17. The average molecular weight is 303 g/mol. The van der Waals surface area contributed by atoms with Gasteiger partial charge < -0.3 is 5.32 Å².